The van der Waals surface area contributed by atoms with E-state index in [-0.39, 0.29) is 17.2 Å². The lowest BCUT2D eigenvalue weighted by atomic mass is 9.96. The summed E-state index contributed by atoms with van der Waals surface area (Å²) >= 11 is 3.56. The molecule has 2 aliphatic heterocycles. The maximum absolute atomic E-state index is 13.5. The largest absolute Gasteiger partial charge is 0.507 e. The number of alkyl halides is 3. The lowest BCUT2D eigenvalue weighted by Gasteiger charge is -2.33. The van der Waals surface area contributed by atoms with Crippen LogP contribution in [0.15, 0.2) is 71.4 Å². The molecule has 0 radical (unpaired) electrons. The molecule has 0 spiro atoms. The van der Waals surface area contributed by atoms with Crippen molar-refractivity contribution < 1.29 is 23.1 Å². The molecule has 2 N–H and O–H groups in total. The van der Waals surface area contributed by atoms with Gasteiger partial charge in [-0.3, -0.25) is 4.79 Å². The summed E-state index contributed by atoms with van der Waals surface area (Å²) in [6.07, 6.45) is 3.22. The Morgan fingerprint density at radius 1 is 1.16 bits per heavy atom. The Kier molecular flexibility index (Phi) is 7.34. The Morgan fingerprint density at radius 3 is 2.71 bits per heavy atom. The van der Waals surface area contributed by atoms with Crippen LogP contribution < -0.4 is 5.32 Å². The van der Waals surface area contributed by atoms with E-state index in [2.05, 4.69) is 26.3 Å². The second-order valence-electron chi connectivity index (χ2n) is 9.44. The lowest BCUT2D eigenvalue weighted by Crippen LogP contribution is -2.43. The standard InChI is InChI=1S/C28H26BrF3N4O2/c29-23-16-34-36-24(23)12-11-19(20-7-2-4-10-25(20)37)14-26(36)33-15-18-6-5-13-35(17-18)27(38)21-8-1-3-9-22(21)28(30,31)32/h1-4,7-11,14,16,18,33,37H,5-6,12-13,15,17H2. The summed E-state index contributed by atoms with van der Waals surface area (Å²) in [6, 6.07) is 12.1. The quantitative estimate of drug-likeness (QED) is 0.387. The molecule has 3 aromatic rings. The summed E-state index contributed by atoms with van der Waals surface area (Å²) in [7, 11) is 0. The van der Waals surface area contributed by atoms with E-state index in [1.54, 1.807) is 23.0 Å². The zero-order valence-electron chi connectivity index (χ0n) is 20.4. The average molecular weight is 587 g/mol. The SMILES string of the molecule is O=C(c1ccccc1C(F)(F)F)N1CCCC(CNC2=CC(c3ccccc3O)=CCc3c(Br)cnn32)C1. The van der Waals surface area contributed by atoms with E-state index in [1.165, 1.54) is 23.1 Å². The van der Waals surface area contributed by atoms with E-state index in [4.69, 9.17) is 0 Å². The molecule has 1 aromatic heterocycles. The number of phenols is 1. The van der Waals surface area contributed by atoms with Crippen LogP contribution in [0.25, 0.3) is 11.4 Å². The molecule has 2 aromatic carbocycles. The molecular formula is C28H26BrF3N4O2. The number of carbonyl (C=O) groups is 1. The van der Waals surface area contributed by atoms with E-state index >= 15 is 0 Å². The molecule has 5 rings (SSSR count). The number of nitrogens with zero attached hydrogens (tertiary/aromatic N) is 3. The molecule has 0 bridgehead atoms. The molecule has 1 unspecified atom stereocenters. The molecule has 1 atom stereocenters. The van der Waals surface area contributed by atoms with Gasteiger partial charge in [0.25, 0.3) is 5.91 Å². The number of rotatable bonds is 5. The second kappa shape index (κ2) is 10.7. The van der Waals surface area contributed by atoms with Gasteiger partial charge in [0.05, 0.1) is 27.5 Å². The van der Waals surface area contributed by atoms with E-state index < -0.39 is 17.6 Å². The molecule has 6 nitrogen and oxygen atoms in total. The normalized spacial score (nSPS) is 17.8. The number of fused-ring (bicyclic) bond motifs is 1. The minimum atomic E-state index is -4.59. The number of hydrogen-bond donors (Lipinski definition) is 2. The summed E-state index contributed by atoms with van der Waals surface area (Å²) in [5.41, 5.74) is 1.26. The molecule has 1 amide bonds. The summed E-state index contributed by atoms with van der Waals surface area (Å²) in [5.74, 6) is 0.325. The van der Waals surface area contributed by atoms with E-state index in [0.29, 0.717) is 43.9 Å². The Morgan fingerprint density at radius 2 is 1.92 bits per heavy atom. The van der Waals surface area contributed by atoms with Gasteiger partial charge in [-0.2, -0.15) is 18.3 Å². The maximum Gasteiger partial charge on any atom is 0.417 e. The second-order valence-corrected chi connectivity index (χ2v) is 10.3. The molecule has 38 heavy (non-hydrogen) atoms. The molecule has 2 aliphatic rings. The highest BCUT2D eigenvalue weighted by Crippen LogP contribution is 2.34. The van der Waals surface area contributed by atoms with Gasteiger partial charge in [-0.05, 0) is 64.5 Å². The molecule has 0 aliphatic carbocycles. The number of allylic oxidation sites excluding steroid dienone is 3. The zero-order valence-corrected chi connectivity index (χ0v) is 22.0. The summed E-state index contributed by atoms with van der Waals surface area (Å²) in [5, 5.41) is 18.4. The molecule has 0 saturated carbocycles. The van der Waals surface area contributed by atoms with Crippen LogP contribution in [0.5, 0.6) is 5.75 Å². The van der Waals surface area contributed by atoms with Gasteiger partial charge in [0.15, 0.2) is 0 Å². The number of amides is 1. The molecule has 1 fully saturated rings. The number of aromatic hydroxyl groups is 1. The molecule has 198 valence electrons. The van der Waals surface area contributed by atoms with Gasteiger partial charge in [0, 0.05) is 31.6 Å². The number of phenolic OH excluding ortho intramolecular Hbond substituents is 1. The van der Waals surface area contributed by atoms with Gasteiger partial charge < -0.3 is 15.3 Å². The minimum absolute atomic E-state index is 0.0370. The number of benzene rings is 2. The van der Waals surface area contributed by atoms with Crippen LogP contribution in [0.1, 0.15) is 40.0 Å². The van der Waals surface area contributed by atoms with Crippen molar-refractivity contribution in [3.05, 3.63) is 93.7 Å². The number of likely N-dealkylation sites (tertiary alicyclic amines) is 1. The van der Waals surface area contributed by atoms with Gasteiger partial charge in [0.2, 0.25) is 0 Å². The van der Waals surface area contributed by atoms with E-state index in [9.17, 15) is 23.1 Å². The van der Waals surface area contributed by atoms with Gasteiger partial charge in [0.1, 0.15) is 11.6 Å². The third kappa shape index (κ3) is 5.36. The average Bonchev–Trinajstić information content (AvgIpc) is 3.17. The van der Waals surface area contributed by atoms with Crippen molar-refractivity contribution in [1.29, 1.82) is 0 Å². The maximum atomic E-state index is 13.5. The first-order chi connectivity index (χ1) is 18.2. The highest BCUT2D eigenvalue weighted by atomic mass is 79.9. The topological polar surface area (TPSA) is 70.4 Å². The Labute approximate surface area is 226 Å². The number of nitrogens with one attached hydrogen (secondary N) is 1. The van der Waals surface area contributed by atoms with Crippen molar-refractivity contribution in [1.82, 2.24) is 20.0 Å². The van der Waals surface area contributed by atoms with Crippen molar-refractivity contribution >= 4 is 33.2 Å². The van der Waals surface area contributed by atoms with Crippen molar-refractivity contribution in [2.75, 3.05) is 19.6 Å². The van der Waals surface area contributed by atoms with Gasteiger partial charge in [-0.1, -0.05) is 36.4 Å². The minimum Gasteiger partial charge on any atom is -0.507 e. The fraction of sp³-hybridized carbons (Fsp3) is 0.286. The van der Waals surface area contributed by atoms with Crippen molar-refractivity contribution in [3.63, 3.8) is 0 Å². The monoisotopic (exact) mass is 586 g/mol. The van der Waals surface area contributed by atoms with Crippen LogP contribution >= 0.6 is 15.9 Å². The smallest absolute Gasteiger partial charge is 0.417 e. The van der Waals surface area contributed by atoms with Crippen LogP contribution in [0.4, 0.5) is 13.2 Å². The Balaban J connectivity index is 1.34. The Hall–Kier alpha value is -3.53. The molecule has 1 saturated heterocycles. The van der Waals surface area contributed by atoms with Crippen LogP contribution in [-0.4, -0.2) is 45.3 Å². The van der Waals surface area contributed by atoms with Crippen molar-refractivity contribution in [3.8, 4) is 5.75 Å². The number of halogens is 4. The predicted octanol–water partition coefficient (Wildman–Crippen LogP) is 5.95. The fourth-order valence-electron chi connectivity index (χ4n) is 5.00. The first-order valence-corrected chi connectivity index (χ1v) is 13.1. The third-order valence-corrected chi connectivity index (χ3v) is 7.57. The molecule has 3 heterocycles. The fourth-order valence-corrected chi connectivity index (χ4v) is 5.42. The number of aromatic nitrogens is 2. The number of para-hydroxylation sites is 1. The van der Waals surface area contributed by atoms with E-state index in [0.717, 1.165) is 28.2 Å². The lowest BCUT2D eigenvalue weighted by molar-refractivity contribution is -0.138. The summed E-state index contributed by atoms with van der Waals surface area (Å²) in [4.78, 5) is 14.6. The highest BCUT2D eigenvalue weighted by molar-refractivity contribution is 9.10. The van der Waals surface area contributed by atoms with Gasteiger partial charge in [-0.25, -0.2) is 4.68 Å². The third-order valence-electron chi connectivity index (χ3n) is 6.91. The number of hydrogen-bond acceptors (Lipinski definition) is 4. The molecular weight excluding hydrogens is 561 g/mol. The first kappa shape index (κ1) is 26.1. The number of carbonyl (C=O) groups excluding carboxylic acids is 1. The van der Waals surface area contributed by atoms with Crippen LogP contribution in [0.2, 0.25) is 0 Å². The highest BCUT2D eigenvalue weighted by Gasteiger charge is 2.36. The molecule has 10 heteroatoms. The van der Waals surface area contributed by atoms with Crippen LogP contribution in [0, 0.1) is 5.92 Å². The summed E-state index contributed by atoms with van der Waals surface area (Å²) in [6.45, 7) is 1.27. The van der Waals surface area contributed by atoms with Crippen molar-refractivity contribution in [2.24, 2.45) is 5.92 Å². The van der Waals surface area contributed by atoms with Crippen LogP contribution in [0.3, 0.4) is 0 Å². The zero-order chi connectivity index (χ0) is 26.9. The van der Waals surface area contributed by atoms with Gasteiger partial charge in [-0.15, -0.1) is 0 Å². The predicted molar refractivity (Wildman–Crippen MR) is 142 cm³/mol. The van der Waals surface area contributed by atoms with Crippen LogP contribution in [-0.2, 0) is 12.6 Å². The number of piperidine rings is 1. The Bertz CT molecular complexity index is 1410. The summed E-state index contributed by atoms with van der Waals surface area (Å²) < 4.78 is 43.2. The first-order valence-electron chi connectivity index (χ1n) is 12.3. The van der Waals surface area contributed by atoms with Crippen molar-refractivity contribution in [2.45, 2.75) is 25.4 Å². The van der Waals surface area contributed by atoms with E-state index in [1.807, 2.05) is 24.3 Å². The van der Waals surface area contributed by atoms with Gasteiger partial charge >= 0.3 is 6.18 Å².